The van der Waals surface area contributed by atoms with Crippen molar-refractivity contribution in [3.05, 3.63) is 22.0 Å². The minimum atomic E-state index is -1.04. The van der Waals surface area contributed by atoms with Gasteiger partial charge in [0.05, 0.1) is 15.2 Å². The van der Waals surface area contributed by atoms with E-state index in [4.69, 9.17) is 0 Å². The lowest BCUT2D eigenvalue weighted by atomic mass is 10.3. The Morgan fingerprint density at radius 1 is 1.08 bits per heavy atom. The summed E-state index contributed by atoms with van der Waals surface area (Å²) in [7, 11) is -2.03. The molecule has 0 unspecified atom stereocenters. The van der Waals surface area contributed by atoms with Gasteiger partial charge in [0.15, 0.2) is 0 Å². The van der Waals surface area contributed by atoms with Crippen LogP contribution in [0.2, 0.25) is 26.2 Å². The maximum absolute atomic E-state index is 3.59. The van der Waals surface area contributed by atoms with E-state index in [9.17, 15) is 0 Å². The zero-order valence-corrected chi connectivity index (χ0v) is 10.7. The molecule has 0 amide bonds. The van der Waals surface area contributed by atoms with Crippen LogP contribution in [0.3, 0.4) is 0 Å². The molecule has 2 aliphatic rings. The lowest BCUT2D eigenvalue weighted by Gasteiger charge is -2.37. The molecule has 2 rings (SSSR count). The second kappa shape index (κ2) is 2.04. The topological polar surface area (TPSA) is 0 Å². The van der Waals surface area contributed by atoms with E-state index in [0.717, 1.165) is 0 Å². The van der Waals surface area contributed by atoms with E-state index in [-0.39, 0.29) is 0 Å². The number of hydrogen-bond acceptors (Lipinski definition) is 0. The van der Waals surface area contributed by atoms with Crippen LogP contribution in [0, 0.1) is 6.08 Å². The van der Waals surface area contributed by atoms with Crippen LogP contribution >= 0.6 is 0 Å². The van der Waals surface area contributed by atoms with Gasteiger partial charge in [-0.1, -0.05) is 42.2 Å². The second-order valence-corrected chi connectivity index (χ2v) is 20.2. The summed E-state index contributed by atoms with van der Waals surface area (Å²) in [5.74, 6) is 0. The molecule has 65 valence electrons. The quantitative estimate of drug-likeness (QED) is 0.519. The lowest BCUT2D eigenvalue weighted by molar-refractivity contribution is 1.30. The third-order valence-electron chi connectivity index (χ3n) is 4.21. The third kappa shape index (κ3) is 0.685. The van der Waals surface area contributed by atoms with E-state index in [1.165, 1.54) is 6.42 Å². The normalized spacial score (nSPS) is 29.6. The minimum Gasteiger partial charge on any atom is -0.0761 e. The van der Waals surface area contributed by atoms with Crippen molar-refractivity contribution in [2.75, 3.05) is 0 Å². The van der Waals surface area contributed by atoms with Gasteiger partial charge < -0.3 is 0 Å². The first kappa shape index (κ1) is 8.51. The highest BCUT2D eigenvalue weighted by molar-refractivity contribution is 7.47. The van der Waals surface area contributed by atoms with Gasteiger partial charge in [-0.2, -0.15) is 0 Å². The van der Waals surface area contributed by atoms with Gasteiger partial charge in [0.2, 0.25) is 0 Å². The summed E-state index contributed by atoms with van der Waals surface area (Å²) in [4.78, 5) is 0. The van der Waals surface area contributed by atoms with Gasteiger partial charge in [-0.05, 0) is 19.4 Å². The third-order valence-corrected chi connectivity index (χ3v) is 22.2. The van der Waals surface area contributed by atoms with Crippen LogP contribution in [0.4, 0.5) is 0 Å². The molecule has 1 aliphatic carbocycles. The number of hydrogen-bond donors (Lipinski definition) is 0. The summed E-state index contributed by atoms with van der Waals surface area (Å²) in [6.45, 7) is 12.5. The molecule has 0 aromatic carbocycles. The predicted octanol–water partition coefficient (Wildman–Crippen LogP) is 3.02. The Labute approximate surface area is 77.2 Å². The van der Waals surface area contributed by atoms with Crippen molar-refractivity contribution in [1.29, 1.82) is 0 Å². The monoisotopic (exact) mass is 193 g/mol. The van der Waals surface area contributed by atoms with Crippen molar-refractivity contribution in [1.82, 2.24) is 0 Å². The van der Waals surface area contributed by atoms with Gasteiger partial charge in [0, 0.05) is 0 Å². The maximum Gasteiger partial charge on any atom is 0.0794 e. The highest BCUT2D eigenvalue weighted by Gasteiger charge is 2.54. The second-order valence-electron chi connectivity index (χ2n) is 5.08. The smallest absolute Gasteiger partial charge is 0.0761 e. The summed E-state index contributed by atoms with van der Waals surface area (Å²) in [5, 5.41) is 3.49. The van der Waals surface area contributed by atoms with Crippen molar-refractivity contribution < 1.29 is 0 Å². The van der Waals surface area contributed by atoms with E-state index < -0.39 is 15.2 Å². The molecule has 12 heavy (non-hydrogen) atoms. The van der Waals surface area contributed by atoms with E-state index in [1.54, 1.807) is 10.8 Å². The first-order valence-electron chi connectivity index (χ1n) is 4.71. The Hall–Kier alpha value is -0.0862. The van der Waals surface area contributed by atoms with Crippen LogP contribution in [0.5, 0.6) is 0 Å². The van der Waals surface area contributed by atoms with Gasteiger partial charge in [-0.25, -0.2) is 0 Å². The van der Waals surface area contributed by atoms with Crippen LogP contribution in [-0.4, -0.2) is 15.2 Å². The summed E-state index contributed by atoms with van der Waals surface area (Å²) in [6.07, 6.45) is 4.77. The lowest BCUT2D eigenvalue weighted by Crippen LogP contribution is -2.55. The maximum atomic E-state index is 3.59. The SMILES string of the molecule is CC1=C2C[C]=C1[Si](C)(C)[Si]2(C)C. The largest absolute Gasteiger partial charge is 0.0794 e. The molecular weight excluding hydrogens is 176 g/mol. The average molecular weight is 193 g/mol. The standard InChI is InChI=1S/C10H17Si2/c1-8-9-6-7-10(8)12(4,5)11(9,2)3/h6H2,1-5H3. The van der Waals surface area contributed by atoms with Crippen molar-refractivity contribution in [2.45, 2.75) is 39.5 Å². The van der Waals surface area contributed by atoms with Crippen LogP contribution in [0.25, 0.3) is 0 Å². The molecule has 0 fully saturated rings. The molecule has 2 heteroatoms. The molecule has 0 saturated carbocycles. The minimum absolute atomic E-state index is 0.992. The Balaban J connectivity index is 2.62. The Kier molecular flexibility index (Phi) is 1.45. The van der Waals surface area contributed by atoms with Gasteiger partial charge in [0.1, 0.15) is 0 Å². The molecule has 1 aliphatic heterocycles. The highest BCUT2D eigenvalue weighted by atomic mass is 29.3. The summed E-state index contributed by atoms with van der Waals surface area (Å²) >= 11 is 0. The van der Waals surface area contributed by atoms with E-state index >= 15 is 0 Å². The van der Waals surface area contributed by atoms with Crippen molar-refractivity contribution in [3.63, 3.8) is 0 Å². The van der Waals surface area contributed by atoms with Gasteiger partial charge in [-0.3, -0.25) is 0 Å². The summed E-state index contributed by atoms with van der Waals surface area (Å²) < 4.78 is 0. The van der Waals surface area contributed by atoms with Crippen LogP contribution in [0.15, 0.2) is 16.0 Å². The van der Waals surface area contributed by atoms with E-state index in [1.807, 2.05) is 5.20 Å². The van der Waals surface area contributed by atoms with Crippen molar-refractivity contribution >= 4 is 15.2 Å². The van der Waals surface area contributed by atoms with E-state index in [2.05, 4.69) is 39.2 Å². The Morgan fingerprint density at radius 2 is 1.67 bits per heavy atom. The van der Waals surface area contributed by atoms with Gasteiger partial charge >= 0.3 is 0 Å². The summed E-state index contributed by atoms with van der Waals surface area (Å²) in [6, 6.07) is 0. The Morgan fingerprint density at radius 3 is 1.92 bits per heavy atom. The zero-order chi connectivity index (χ0) is 9.15. The number of rotatable bonds is 0. The average Bonchev–Trinajstić information content (AvgIpc) is 2.33. The first-order chi connectivity index (χ1) is 5.39. The van der Waals surface area contributed by atoms with Gasteiger partial charge in [0.25, 0.3) is 0 Å². The molecule has 0 nitrogen and oxygen atoms in total. The molecule has 0 saturated heterocycles. The van der Waals surface area contributed by atoms with Crippen molar-refractivity contribution in [2.24, 2.45) is 0 Å². The molecule has 1 radical (unpaired) electrons. The number of allylic oxidation sites excluding steroid dienone is 4. The van der Waals surface area contributed by atoms with Crippen LogP contribution in [0.1, 0.15) is 13.3 Å². The molecule has 2 bridgehead atoms. The molecule has 0 spiro atoms. The van der Waals surface area contributed by atoms with Crippen LogP contribution < -0.4 is 0 Å². The molecule has 0 aromatic rings. The molecular formula is C10H17Si2. The first-order valence-corrected chi connectivity index (χ1v) is 11.7. The molecule has 0 atom stereocenters. The fraction of sp³-hybridized carbons (Fsp3) is 0.600. The fourth-order valence-corrected chi connectivity index (χ4v) is 13.2. The van der Waals surface area contributed by atoms with E-state index in [0.29, 0.717) is 0 Å². The summed E-state index contributed by atoms with van der Waals surface area (Å²) in [5.41, 5.74) is 1.64. The Bertz CT molecular complexity index is 303. The highest BCUT2D eigenvalue weighted by Crippen LogP contribution is 2.49. The molecule has 0 N–H and O–H groups in total. The molecule has 1 heterocycles. The van der Waals surface area contributed by atoms with Crippen LogP contribution in [-0.2, 0) is 0 Å². The number of fused-ring (bicyclic) bond motifs is 1. The fourth-order valence-electron chi connectivity index (χ4n) is 2.66. The zero-order valence-electron chi connectivity index (χ0n) is 8.71. The van der Waals surface area contributed by atoms with Crippen molar-refractivity contribution in [3.8, 4) is 0 Å². The predicted molar refractivity (Wildman–Crippen MR) is 59.0 cm³/mol. The van der Waals surface area contributed by atoms with Gasteiger partial charge in [-0.15, -0.1) is 0 Å². The molecule has 0 aromatic heterocycles.